The van der Waals surface area contributed by atoms with Crippen molar-refractivity contribution in [3.05, 3.63) is 40.5 Å². The number of nitro benzene ring substituents is 1. The van der Waals surface area contributed by atoms with E-state index in [1.165, 1.54) is 18.5 Å². The summed E-state index contributed by atoms with van der Waals surface area (Å²) in [6.07, 6.45) is 2.13. The Balaban J connectivity index is 1.70. The van der Waals surface area contributed by atoms with Gasteiger partial charge < -0.3 is 10.3 Å². The summed E-state index contributed by atoms with van der Waals surface area (Å²) in [6.45, 7) is 0.622. The van der Waals surface area contributed by atoms with Gasteiger partial charge in [-0.25, -0.2) is 9.97 Å². The van der Waals surface area contributed by atoms with Gasteiger partial charge in [0.2, 0.25) is 5.95 Å². The number of imidazole rings is 1. The van der Waals surface area contributed by atoms with Gasteiger partial charge in [-0.05, 0) is 6.07 Å². The molecule has 3 aromatic rings. The molecule has 2 aromatic heterocycles. The Morgan fingerprint density at radius 1 is 1.40 bits per heavy atom. The Morgan fingerprint density at radius 2 is 2.30 bits per heavy atom. The fourth-order valence-electron chi connectivity index (χ4n) is 1.85. The standard InChI is InChI=1S/C11H11N7O2/c19-18(20)7-1-2-8-9(5-7)16-11(15-8)12-4-3-10-13-6-14-17-10/h1-2,5-6H,3-4H2,(H2,12,15,16)(H,13,14,17). The minimum absolute atomic E-state index is 0.0364. The van der Waals surface area contributed by atoms with Crippen LogP contribution >= 0.6 is 0 Å². The lowest BCUT2D eigenvalue weighted by atomic mass is 10.3. The largest absolute Gasteiger partial charge is 0.355 e. The van der Waals surface area contributed by atoms with Crippen LogP contribution in [0, 0.1) is 10.1 Å². The van der Waals surface area contributed by atoms with Gasteiger partial charge in [0.1, 0.15) is 12.2 Å². The van der Waals surface area contributed by atoms with E-state index in [4.69, 9.17) is 0 Å². The summed E-state index contributed by atoms with van der Waals surface area (Å²) in [5.74, 6) is 1.35. The molecule has 20 heavy (non-hydrogen) atoms. The fraction of sp³-hybridized carbons (Fsp3) is 0.182. The van der Waals surface area contributed by atoms with Crippen LogP contribution in [0.2, 0.25) is 0 Å². The number of fused-ring (bicyclic) bond motifs is 1. The molecular weight excluding hydrogens is 262 g/mol. The van der Waals surface area contributed by atoms with Crippen molar-refractivity contribution in [2.45, 2.75) is 6.42 Å². The number of hydrogen-bond donors (Lipinski definition) is 3. The number of benzene rings is 1. The third-order valence-corrected chi connectivity index (χ3v) is 2.80. The quantitative estimate of drug-likeness (QED) is 0.474. The number of nitrogens with zero attached hydrogens (tertiary/aromatic N) is 4. The van der Waals surface area contributed by atoms with Gasteiger partial charge in [-0.15, -0.1) is 0 Å². The molecule has 0 radical (unpaired) electrons. The molecule has 0 fully saturated rings. The van der Waals surface area contributed by atoms with E-state index in [0.717, 1.165) is 5.82 Å². The van der Waals surface area contributed by atoms with Crippen molar-refractivity contribution in [2.24, 2.45) is 0 Å². The lowest BCUT2D eigenvalue weighted by molar-refractivity contribution is -0.384. The van der Waals surface area contributed by atoms with E-state index in [2.05, 4.69) is 30.5 Å². The summed E-state index contributed by atoms with van der Waals surface area (Å²) in [7, 11) is 0. The molecule has 9 heteroatoms. The van der Waals surface area contributed by atoms with Crippen molar-refractivity contribution in [3.63, 3.8) is 0 Å². The lowest BCUT2D eigenvalue weighted by Gasteiger charge is -1.99. The summed E-state index contributed by atoms with van der Waals surface area (Å²) in [5, 5.41) is 20.3. The van der Waals surface area contributed by atoms with Gasteiger partial charge in [0.05, 0.1) is 16.0 Å². The normalized spacial score (nSPS) is 10.8. The van der Waals surface area contributed by atoms with Crippen molar-refractivity contribution in [1.29, 1.82) is 0 Å². The maximum Gasteiger partial charge on any atom is 0.271 e. The predicted octanol–water partition coefficient (Wildman–Crippen LogP) is 1.24. The van der Waals surface area contributed by atoms with Crippen LogP contribution < -0.4 is 5.32 Å². The van der Waals surface area contributed by atoms with Gasteiger partial charge in [0.15, 0.2) is 0 Å². The van der Waals surface area contributed by atoms with Crippen LogP contribution in [0.5, 0.6) is 0 Å². The maximum atomic E-state index is 10.7. The first-order valence-corrected chi connectivity index (χ1v) is 5.94. The van der Waals surface area contributed by atoms with E-state index in [9.17, 15) is 10.1 Å². The SMILES string of the molecule is O=[N+]([O-])c1ccc2nc(NCCc3ncn[nH]3)[nH]c2c1. The number of aromatic amines is 2. The average Bonchev–Trinajstić information content (AvgIpc) is 3.06. The third-order valence-electron chi connectivity index (χ3n) is 2.80. The zero-order valence-corrected chi connectivity index (χ0v) is 10.3. The average molecular weight is 273 g/mol. The van der Waals surface area contributed by atoms with Crippen LogP contribution in [0.1, 0.15) is 5.82 Å². The van der Waals surface area contributed by atoms with Crippen molar-refractivity contribution < 1.29 is 4.92 Å². The molecule has 3 rings (SSSR count). The highest BCUT2D eigenvalue weighted by molar-refractivity contribution is 5.79. The van der Waals surface area contributed by atoms with Gasteiger partial charge in [-0.2, -0.15) is 5.10 Å². The molecule has 0 aliphatic heterocycles. The molecule has 0 amide bonds. The molecule has 0 unspecified atom stereocenters. The van der Waals surface area contributed by atoms with Crippen molar-refractivity contribution in [2.75, 3.05) is 11.9 Å². The molecule has 102 valence electrons. The first-order chi connectivity index (χ1) is 9.72. The summed E-state index contributed by atoms with van der Waals surface area (Å²) < 4.78 is 0. The van der Waals surface area contributed by atoms with Crippen LogP contribution in [-0.2, 0) is 6.42 Å². The van der Waals surface area contributed by atoms with Crippen LogP contribution in [0.25, 0.3) is 11.0 Å². The second-order valence-electron chi connectivity index (χ2n) is 4.15. The molecule has 3 N–H and O–H groups in total. The van der Waals surface area contributed by atoms with E-state index in [-0.39, 0.29) is 5.69 Å². The van der Waals surface area contributed by atoms with E-state index in [1.807, 2.05) is 0 Å². The van der Waals surface area contributed by atoms with Gasteiger partial charge in [0.25, 0.3) is 5.69 Å². The first kappa shape index (κ1) is 12.1. The molecular formula is C11H11N7O2. The second kappa shape index (κ2) is 4.96. The monoisotopic (exact) mass is 273 g/mol. The fourth-order valence-corrected chi connectivity index (χ4v) is 1.85. The summed E-state index contributed by atoms with van der Waals surface area (Å²) in [6, 6.07) is 4.51. The van der Waals surface area contributed by atoms with Crippen LogP contribution in [0.15, 0.2) is 24.5 Å². The van der Waals surface area contributed by atoms with E-state index < -0.39 is 4.92 Å². The van der Waals surface area contributed by atoms with Crippen molar-refractivity contribution >= 4 is 22.7 Å². The smallest absolute Gasteiger partial charge is 0.271 e. The van der Waals surface area contributed by atoms with Gasteiger partial charge in [0, 0.05) is 25.1 Å². The number of hydrogen-bond acceptors (Lipinski definition) is 6. The van der Waals surface area contributed by atoms with Gasteiger partial charge in [-0.3, -0.25) is 15.2 Å². The summed E-state index contributed by atoms with van der Waals surface area (Å²) in [5.41, 5.74) is 1.34. The molecule has 0 spiro atoms. The third kappa shape index (κ3) is 2.41. The Hall–Kier alpha value is -2.97. The molecule has 0 aliphatic carbocycles. The number of non-ortho nitro benzene ring substituents is 1. The highest BCUT2D eigenvalue weighted by atomic mass is 16.6. The van der Waals surface area contributed by atoms with Crippen molar-refractivity contribution in [1.82, 2.24) is 25.1 Å². The lowest BCUT2D eigenvalue weighted by Crippen LogP contribution is -2.07. The molecule has 0 aliphatic rings. The van der Waals surface area contributed by atoms with Crippen LogP contribution in [-0.4, -0.2) is 36.6 Å². The molecule has 0 saturated carbocycles. The number of aromatic nitrogens is 5. The maximum absolute atomic E-state index is 10.7. The Bertz CT molecular complexity index is 734. The molecule has 0 saturated heterocycles. The second-order valence-corrected chi connectivity index (χ2v) is 4.15. The van der Waals surface area contributed by atoms with E-state index >= 15 is 0 Å². The highest BCUT2D eigenvalue weighted by Crippen LogP contribution is 2.20. The molecule has 9 nitrogen and oxygen atoms in total. The zero-order valence-electron chi connectivity index (χ0n) is 10.3. The summed E-state index contributed by atoms with van der Waals surface area (Å²) in [4.78, 5) is 21.6. The van der Waals surface area contributed by atoms with Gasteiger partial charge >= 0.3 is 0 Å². The highest BCUT2D eigenvalue weighted by Gasteiger charge is 2.09. The topological polar surface area (TPSA) is 125 Å². The number of nitrogens with one attached hydrogen (secondary N) is 3. The molecule has 1 aromatic carbocycles. The van der Waals surface area contributed by atoms with Crippen LogP contribution in [0.3, 0.4) is 0 Å². The zero-order chi connectivity index (χ0) is 13.9. The number of anilines is 1. The molecule has 0 bridgehead atoms. The number of rotatable bonds is 5. The molecule has 2 heterocycles. The number of H-pyrrole nitrogens is 2. The van der Waals surface area contributed by atoms with E-state index in [1.54, 1.807) is 6.07 Å². The van der Waals surface area contributed by atoms with Gasteiger partial charge in [-0.1, -0.05) is 0 Å². The first-order valence-electron chi connectivity index (χ1n) is 5.94. The van der Waals surface area contributed by atoms with Crippen molar-refractivity contribution in [3.8, 4) is 0 Å². The Morgan fingerprint density at radius 3 is 3.05 bits per heavy atom. The number of nitro groups is 1. The van der Waals surface area contributed by atoms with Crippen LogP contribution in [0.4, 0.5) is 11.6 Å². The molecule has 0 atom stereocenters. The van der Waals surface area contributed by atoms with E-state index in [0.29, 0.717) is 29.9 Å². The Kier molecular flexibility index (Phi) is 2.99. The summed E-state index contributed by atoms with van der Waals surface area (Å²) >= 11 is 0. The Labute approximate surface area is 112 Å². The predicted molar refractivity (Wildman–Crippen MR) is 71.3 cm³/mol. The minimum atomic E-state index is -0.433. The minimum Gasteiger partial charge on any atom is -0.355 e.